The molecule has 0 saturated carbocycles. The molecule has 4 rings (SSSR count). The van der Waals surface area contributed by atoms with Gasteiger partial charge in [0.05, 0.1) is 20.1 Å². The average Bonchev–Trinajstić information content (AvgIpc) is 2.76. The van der Waals surface area contributed by atoms with E-state index in [0.29, 0.717) is 23.0 Å². The zero-order chi connectivity index (χ0) is 21.1. The van der Waals surface area contributed by atoms with Gasteiger partial charge in [0.15, 0.2) is 12.0 Å². The van der Waals surface area contributed by atoms with Gasteiger partial charge in [0.2, 0.25) is 0 Å². The maximum atomic E-state index is 13.4. The molecule has 1 atom stereocenters. The average molecular weight is 425 g/mol. The molecule has 1 saturated heterocycles. The van der Waals surface area contributed by atoms with Crippen LogP contribution in [0.2, 0.25) is 5.02 Å². The van der Waals surface area contributed by atoms with Crippen LogP contribution >= 0.6 is 11.6 Å². The van der Waals surface area contributed by atoms with Crippen molar-refractivity contribution in [2.75, 3.05) is 33.2 Å². The van der Waals surface area contributed by atoms with E-state index in [1.807, 2.05) is 54.6 Å². The third kappa shape index (κ3) is 4.31. The molecule has 1 unspecified atom stereocenters. The normalized spacial score (nSPS) is 16.9. The van der Waals surface area contributed by atoms with E-state index in [1.165, 1.54) is 0 Å². The number of rotatable bonds is 5. The van der Waals surface area contributed by atoms with E-state index < -0.39 is 0 Å². The van der Waals surface area contributed by atoms with Crippen LogP contribution in [-0.4, -0.2) is 52.5 Å². The predicted octanol–water partition coefficient (Wildman–Crippen LogP) is 3.12. The fourth-order valence-corrected chi connectivity index (χ4v) is 4.12. The van der Waals surface area contributed by atoms with Crippen LogP contribution in [0.15, 0.2) is 59.4 Å². The molecule has 3 aromatic rings. The van der Waals surface area contributed by atoms with E-state index in [4.69, 9.17) is 16.7 Å². The highest BCUT2D eigenvalue weighted by Gasteiger charge is 2.34. The van der Waals surface area contributed by atoms with Crippen molar-refractivity contribution in [3.63, 3.8) is 0 Å². The second-order valence-corrected chi connectivity index (χ2v) is 8.55. The zero-order valence-corrected chi connectivity index (χ0v) is 18.1. The maximum absolute atomic E-state index is 13.4. The first-order valence-corrected chi connectivity index (χ1v) is 10.7. The van der Waals surface area contributed by atoms with Crippen molar-refractivity contribution in [2.45, 2.75) is 19.5 Å². The number of quaternary nitrogens is 1. The summed E-state index contributed by atoms with van der Waals surface area (Å²) in [5, 5.41) is 8.72. The molecule has 1 fully saturated rings. The summed E-state index contributed by atoms with van der Waals surface area (Å²) >= 11 is 6.21. The van der Waals surface area contributed by atoms with Gasteiger partial charge in [-0.05, 0) is 17.7 Å². The molecular weight excluding hydrogens is 398 g/mol. The van der Waals surface area contributed by atoms with E-state index in [9.17, 15) is 4.79 Å². The lowest BCUT2D eigenvalue weighted by atomic mass is 10.1. The molecule has 0 bridgehead atoms. The molecule has 156 valence electrons. The SMILES string of the molecule is CC(n1nc(-c2cccc(Cl)c2)nc(Cc2ccccc2)c1=O)[N+]1(C)CCNCC1. The Labute approximate surface area is 181 Å². The van der Waals surface area contributed by atoms with Crippen LogP contribution in [-0.2, 0) is 6.42 Å². The molecule has 2 heterocycles. The van der Waals surface area contributed by atoms with Gasteiger partial charge in [-0.25, -0.2) is 4.98 Å². The van der Waals surface area contributed by atoms with Crippen LogP contribution in [0.5, 0.6) is 0 Å². The lowest BCUT2D eigenvalue weighted by molar-refractivity contribution is -0.949. The molecular formula is C23H27ClN5O+. The molecule has 6 nitrogen and oxygen atoms in total. The summed E-state index contributed by atoms with van der Waals surface area (Å²) in [6.45, 7) is 5.82. The quantitative estimate of drug-likeness (QED) is 0.639. The molecule has 2 aromatic carbocycles. The lowest BCUT2D eigenvalue weighted by Crippen LogP contribution is -2.59. The van der Waals surface area contributed by atoms with Gasteiger partial charge >= 0.3 is 0 Å². The predicted molar refractivity (Wildman–Crippen MR) is 119 cm³/mol. The number of likely N-dealkylation sites (N-methyl/N-ethyl adjacent to an activating group) is 1. The summed E-state index contributed by atoms with van der Waals surface area (Å²) in [6.07, 6.45) is 0.364. The number of halogens is 1. The molecule has 0 spiro atoms. The Bertz CT molecular complexity index is 1080. The summed E-state index contributed by atoms with van der Waals surface area (Å²) in [5.74, 6) is 0.525. The van der Waals surface area contributed by atoms with Crippen molar-refractivity contribution in [3.05, 3.63) is 81.2 Å². The van der Waals surface area contributed by atoms with Crippen molar-refractivity contribution in [1.29, 1.82) is 0 Å². The highest BCUT2D eigenvalue weighted by Crippen LogP contribution is 2.23. The van der Waals surface area contributed by atoms with Crippen molar-refractivity contribution in [3.8, 4) is 11.4 Å². The highest BCUT2D eigenvalue weighted by molar-refractivity contribution is 6.30. The first-order chi connectivity index (χ1) is 14.5. The Hall–Kier alpha value is -2.54. The zero-order valence-electron chi connectivity index (χ0n) is 17.4. The second-order valence-electron chi connectivity index (χ2n) is 8.11. The Morgan fingerprint density at radius 3 is 2.57 bits per heavy atom. The van der Waals surface area contributed by atoms with Crippen LogP contribution < -0.4 is 10.9 Å². The van der Waals surface area contributed by atoms with Gasteiger partial charge in [-0.2, -0.15) is 4.68 Å². The van der Waals surface area contributed by atoms with Gasteiger partial charge in [0.25, 0.3) is 5.56 Å². The van der Waals surface area contributed by atoms with Gasteiger partial charge in [-0.1, -0.05) is 54.1 Å². The van der Waals surface area contributed by atoms with Gasteiger partial charge in [-0.3, -0.25) is 4.79 Å². The monoisotopic (exact) mass is 424 g/mol. The third-order valence-electron chi connectivity index (χ3n) is 6.05. The largest absolute Gasteiger partial charge is 0.306 e. The smallest absolute Gasteiger partial charge is 0.293 e. The van der Waals surface area contributed by atoms with Crippen molar-refractivity contribution in [2.24, 2.45) is 0 Å². The first-order valence-electron chi connectivity index (χ1n) is 10.3. The summed E-state index contributed by atoms with van der Waals surface area (Å²) in [6, 6.07) is 17.4. The molecule has 1 N–H and O–H groups in total. The fraction of sp³-hybridized carbons (Fsp3) is 0.348. The Balaban J connectivity index is 1.82. The number of benzene rings is 2. The molecule has 1 aromatic heterocycles. The Morgan fingerprint density at radius 1 is 1.13 bits per heavy atom. The van der Waals surface area contributed by atoms with Crippen LogP contribution in [0.1, 0.15) is 24.3 Å². The molecule has 7 heteroatoms. The van der Waals surface area contributed by atoms with Gasteiger partial charge in [0, 0.05) is 37.0 Å². The molecule has 1 aliphatic rings. The number of hydrogen-bond acceptors (Lipinski definition) is 4. The molecule has 0 radical (unpaired) electrons. The number of hydrogen-bond donors (Lipinski definition) is 1. The van der Waals surface area contributed by atoms with Gasteiger partial charge in [-0.15, -0.1) is 5.10 Å². The van der Waals surface area contributed by atoms with Crippen LogP contribution in [0.4, 0.5) is 0 Å². The topological polar surface area (TPSA) is 59.8 Å². The lowest BCUT2D eigenvalue weighted by Gasteiger charge is -2.42. The molecule has 0 amide bonds. The van der Waals surface area contributed by atoms with E-state index in [2.05, 4.69) is 24.3 Å². The van der Waals surface area contributed by atoms with Crippen LogP contribution in [0.3, 0.4) is 0 Å². The second kappa shape index (κ2) is 8.68. The molecule has 30 heavy (non-hydrogen) atoms. The summed E-state index contributed by atoms with van der Waals surface area (Å²) < 4.78 is 2.39. The highest BCUT2D eigenvalue weighted by atomic mass is 35.5. The van der Waals surface area contributed by atoms with E-state index in [1.54, 1.807) is 4.68 Å². The minimum Gasteiger partial charge on any atom is -0.306 e. The number of nitrogens with one attached hydrogen (secondary N) is 1. The number of aromatic nitrogens is 3. The first kappa shape index (κ1) is 20.7. The number of nitrogens with zero attached hydrogens (tertiary/aromatic N) is 4. The van der Waals surface area contributed by atoms with Crippen LogP contribution in [0.25, 0.3) is 11.4 Å². The standard InChI is InChI=1S/C23H27ClN5O/c1-17(29(2)13-11-25-12-14-29)28-23(30)21(15-18-7-4-3-5-8-18)26-22(27-28)19-9-6-10-20(24)16-19/h3-10,16-17,25H,11-15H2,1-2H3/q+1. The minimum atomic E-state index is -0.130. The van der Waals surface area contributed by atoms with E-state index >= 15 is 0 Å². The fourth-order valence-electron chi connectivity index (χ4n) is 3.93. The molecule has 0 aliphatic carbocycles. The van der Waals surface area contributed by atoms with E-state index in [0.717, 1.165) is 41.8 Å². The Morgan fingerprint density at radius 2 is 1.87 bits per heavy atom. The van der Waals surface area contributed by atoms with Crippen molar-refractivity contribution < 1.29 is 4.48 Å². The van der Waals surface area contributed by atoms with E-state index in [-0.39, 0.29) is 11.7 Å². The van der Waals surface area contributed by atoms with Gasteiger partial charge in [0.1, 0.15) is 5.69 Å². The summed E-state index contributed by atoms with van der Waals surface area (Å²) in [4.78, 5) is 18.1. The summed E-state index contributed by atoms with van der Waals surface area (Å²) in [5.41, 5.74) is 2.22. The van der Waals surface area contributed by atoms with Crippen LogP contribution in [0, 0.1) is 0 Å². The number of piperazine rings is 1. The third-order valence-corrected chi connectivity index (χ3v) is 6.29. The van der Waals surface area contributed by atoms with Crippen molar-refractivity contribution >= 4 is 11.6 Å². The Kier molecular flexibility index (Phi) is 5.99. The molecule has 1 aliphatic heterocycles. The maximum Gasteiger partial charge on any atom is 0.293 e. The minimum absolute atomic E-state index is 0.102. The summed E-state index contributed by atoms with van der Waals surface area (Å²) in [7, 11) is 2.19. The van der Waals surface area contributed by atoms with Crippen molar-refractivity contribution in [1.82, 2.24) is 20.1 Å². The van der Waals surface area contributed by atoms with Gasteiger partial charge < -0.3 is 9.80 Å².